The highest BCUT2D eigenvalue weighted by Gasteiger charge is 2.10. The summed E-state index contributed by atoms with van der Waals surface area (Å²) in [5, 5.41) is 2.27. The van der Waals surface area contributed by atoms with Gasteiger partial charge in [-0.2, -0.15) is 0 Å². The molecule has 8 heteroatoms. The van der Waals surface area contributed by atoms with Gasteiger partial charge in [0.25, 0.3) is 11.5 Å². The molecule has 0 aliphatic heterocycles. The van der Waals surface area contributed by atoms with E-state index in [2.05, 4.69) is 10.4 Å². The molecule has 1 aromatic carbocycles. The van der Waals surface area contributed by atoms with Crippen LogP contribution in [0.4, 0.5) is 0 Å². The fourth-order valence-electron chi connectivity index (χ4n) is 2.53. The first-order valence-corrected chi connectivity index (χ1v) is 9.18. The average molecular weight is 385 g/mol. The van der Waals surface area contributed by atoms with Crippen molar-refractivity contribution in [3.8, 4) is 11.5 Å². The summed E-state index contributed by atoms with van der Waals surface area (Å²) in [6, 6.07) is 7.06. The lowest BCUT2D eigenvalue weighted by Crippen LogP contribution is -2.34. The molecule has 0 saturated heterocycles. The van der Waals surface area contributed by atoms with Crippen LogP contribution in [0.2, 0.25) is 0 Å². The monoisotopic (exact) mass is 385 g/mol. The summed E-state index contributed by atoms with van der Waals surface area (Å²) in [6.45, 7) is 4.09. The molecule has 0 fully saturated rings. The van der Waals surface area contributed by atoms with E-state index in [4.69, 9.17) is 9.47 Å². The Kier molecular flexibility index (Phi) is 5.56. The van der Waals surface area contributed by atoms with Crippen molar-refractivity contribution in [2.75, 3.05) is 19.1 Å². The van der Waals surface area contributed by atoms with Gasteiger partial charge < -0.3 is 9.47 Å². The van der Waals surface area contributed by atoms with Crippen LogP contribution >= 0.6 is 11.3 Å². The van der Waals surface area contributed by atoms with Gasteiger partial charge in [0.1, 0.15) is 10.7 Å². The van der Waals surface area contributed by atoms with E-state index in [1.165, 1.54) is 17.4 Å². The number of carbonyl (C=O) groups excluding carboxylic acids is 1. The van der Waals surface area contributed by atoms with Crippen molar-refractivity contribution in [1.29, 1.82) is 0 Å². The van der Waals surface area contributed by atoms with Gasteiger partial charge in [-0.25, -0.2) is 9.66 Å². The molecule has 3 aromatic rings. The lowest BCUT2D eigenvalue weighted by molar-refractivity contribution is -0.112. The molecule has 0 radical (unpaired) electrons. The Hall–Kier alpha value is -3.13. The number of nitrogens with one attached hydrogen (secondary N) is 1. The number of fused-ring (bicyclic) bond motifs is 1. The van der Waals surface area contributed by atoms with E-state index in [1.54, 1.807) is 43.7 Å². The molecule has 1 amide bonds. The van der Waals surface area contributed by atoms with Crippen molar-refractivity contribution in [3.05, 3.63) is 57.5 Å². The molecular weight excluding hydrogens is 366 g/mol. The molecule has 0 bridgehead atoms. The van der Waals surface area contributed by atoms with Crippen LogP contribution in [-0.4, -0.2) is 29.3 Å². The lowest BCUT2D eigenvalue weighted by atomic mass is 10.2. The number of carbonyl (C=O) groups is 1. The van der Waals surface area contributed by atoms with Gasteiger partial charge in [0.05, 0.1) is 19.1 Å². The molecule has 2 heterocycles. The van der Waals surface area contributed by atoms with E-state index >= 15 is 0 Å². The Bertz CT molecular complexity index is 1070. The van der Waals surface area contributed by atoms with Crippen molar-refractivity contribution in [1.82, 2.24) is 9.66 Å². The van der Waals surface area contributed by atoms with Crippen molar-refractivity contribution >= 4 is 33.5 Å². The van der Waals surface area contributed by atoms with E-state index in [-0.39, 0.29) is 5.56 Å². The zero-order chi connectivity index (χ0) is 19.4. The van der Waals surface area contributed by atoms with E-state index in [0.717, 1.165) is 10.2 Å². The predicted molar refractivity (Wildman–Crippen MR) is 106 cm³/mol. The number of amides is 1. The number of aromatic nitrogens is 2. The maximum atomic E-state index is 12.5. The quantitative estimate of drug-likeness (QED) is 0.660. The Morgan fingerprint density at radius 1 is 1.33 bits per heavy atom. The zero-order valence-corrected chi connectivity index (χ0v) is 16.0. The van der Waals surface area contributed by atoms with Gasteiger partial charge in [-0.1, -0.05) is 6.07 Å². The number of nitrogens with zero attached hydrogens (tertiary/aromatic N) is 2. The second-order valence-corrected chi connectivity index (χ2v) is 6.49. The van der Waals surface area contributed by atoms with Gasteiger partial charge in [0.15, 0.2) is 11.5 Å². The molecule has 2 aromatic heterocycles. The molecule has 0 spiro atoms. The van der Waals surface area contributed by atoms with Crippen LogP contribution in [0.3, 0.4) is 0 Å². The maximum Gasteiger partial charge on any atom is 0.281 e. The summed E-state index contributed by atoms with van der Waals surface area (Å²) >= 11 is 1.39. The van der Waals surface area contributed by atoms with Gasteiger partial charge in [-0.05, 0) is 49.1 Å². The first-order chi connectivity index (χ1) is 13.0. The Labute approximate surface area is 159 Å². The van der Waals surface area contributed by atoms with Crippen LogP contribution in [0.15, 0.2) is 40.5 Å². The van der Waals surface area contributed by atoms with E-state index in [9.17, 15) is 9.59 Å². The minimum atomic E-state index is -0.440. The number of aryl methyl sites for hydroxylation is 1. The number of hydrogen-bond acceptors (Lipinski definition) is 6. The largest absolute Gasteiger partial charge is 0.493 e. The summed E-state index contributed by atoms with van der Waals surface area (Å²) in [5.74, 6) is 1.20. The average Bonchev–Trinajstić information content (AvgIpc) is 3.13. The van der Waals surface area contributed by atoms with Crippen molar-refractivity contribution in [3.63, 3.8) is 0 Å². The lowest BCUT2D eigenvalue weighted by Gasteiger charge is -2.10. The van der Waals surface area contributed by atoms with E-state index in [1.807, 2.05) is 13.0 Å². The Balaban J connectivity index is 1.79. The maximum absolute atomic E-state index is 12.5. The summed E-state index contributed by atoms with van der Waals surface area (Å²) in [4.78, 5) is 29.7. The molecule has 1 N–H and O–H groups in total. The van der Waals surface area contributed by atoms with Crippen LogP contribution in [0.5, 0.6) is 11.5 Å². The van der Waals surface area contributed by atoms with Crippen LogP contribution in [0.1, 0.15) is 18.3 Å². The second kappa shape index (κ2) is 8.05. The third kappa shape index (κ3) is 4.01. The minimum Gasteiger partial charge on any atom is -0.493 e. The third-order valence-electron chi connectivity index (χ3n) is 3.80. The normalized spacial score (nSPS) is 11.1. The second-order valence-electron chi connectivity index (χ2n) is 5.59. The number of methoxy groups -OCH3 is 1. The van der Waals surface area contributed by atoms with E-state index in [0.29, 0.717) is 34.1 Å². The fourth-order valence-corrected chi connectivity index (χ4v) is 3.33. The van der Waals surface area contributed by atoms with Crippen LogP contribution in [0.25, 0.3) is 16.3 Å². The highest BCUT2D eigenvalue weighted by Crippen LogP contribution is 2.28. The summed E-state index contributed by atoms with van der Waals surface area (Å²) in [7, 11) is 1.56. The van der Waals surface area contributed by atoms with Crippen LogP contribution in [0, 0.1) is 6.92 Å². The third-order valence-corrected chi connectivity index (χ3v) is 4.61. The molecule has 140 valence electrons. The molecule has 0 aliphatic carbocycles. The molecule has 0 unspecified atom stereocenters. The molecule has 3 rings (SSSR count). The highest BCUT2D eigenvalue weighted by atomic mass is 32.1. The van der Waals surface area contributed by atoms with Crippen molar-refractivity contribution < 1.29 is 14.3 Å². The number of ether oxygens (including phenoxy) is 2. The van der Waals surface area contributed by atoms with E-state index < -0.39 is 5.91 Å². The zero-order valence-electron chi connectivity index (χ0n) is 15.2. The minimum absolute atomic E-state index is 0.303. The molecule has 7 nitrogen and oxygen atoms in total. The molecule has 0 saturated carbocycles. The first kappa shape index (κ1) is 18.7. The smallest absolute Gasteiger partial charge is 0.281 e. The molecule has 0 aliphatic rings. The molecule has 27 heavy (non-hydrogen) atoms. The topological polar surface area (TPSA) is 82.5 Å². The van der Waals surface area contributed by atoms with Crippen molar-refractivity contribution in [2.24, 2.45) is 0 Å². The van der Waals surface area contributed by atoms with Crippen LogP contribution < -0.4 is 20.5 Å². The number of benzene rings is 1. The highest BCUT2D eigenvalue weighted by molar-refractivity contribution is 7.16. The standard InChI is InChI=1S/C19H19N3O4S/c1-4-26-15-7-5-13(11-16(15)25-3)6-8-17(23)21-22-12(2)20-18-14(19(22)24)9-10-27-18/h5-11H,4H2,1-3H3,(H,21,23)/b8-6+. The van der Waals surface area contributed by atoms with Gasteiger partial charge in [-0.15, -0.1) is 11.3 Å². The summed E-state index contributed by atoms with van der Waals surface area (Å²) in [5.41, 5.74) is 3.02. The Morgan fingerprint density at radius 3 is 2.89 bits per heavy atom. The summed E-state index contributed by atoms with van der Waals surface area (Å²) < 4.78 is 11.9. The van der Waals surface area contributed by atoms with Crippen LogP contribution in [-0.2, 0) is 4.79 Å². The van der Waals surface area contributed by atoms with Crippen molar-refractivity contribution in [2.45, 2.75) is 13.8 Å². The molecule has 0 atom stereocenters. The van der Waals surface area contributed by atoms with Gasteiger partial charge >= 0.3 is 0 Å². The number of thiophene rings is 1. The van der Waals surface area contributed by atoms with Gasteiger partial charge in [-0.3, -0.25) is 15.0 Å². The SMILES string of the molecule is CCOc1ccc(/C=C/C(=O)Nn2c(C)nc3sccc3c2=O)cc1OC. The predicted octanol–water partition coefficient (Wildman–Crippen LogP) is 2.96. The van der Waals surface area contributed by atoms with Gasteiger partial charge in [0.2, 0.25) is 0 Å². The fraction of sp³-hybridized carbons (Fsp3) is 0.211. The molecular formula is C19H19N3O4S. The van der Waals surface area contributed by atoms with Gasteiger partial charge in [0, 0.05) is 6.08 Å². The summed E-state index contributed by atoms with van der Waals surface area (Å²) in [6.07, 6.45) is 2.98. The number of hydrogen-bond donors (Lipinski definition) is 1. The number of rotatable bonds is 6. The Morgan fingerprint density at radius 2 is 2.15 bits per heavy atom. The first-order valence-electron chi connectivity index (χ1n) is 8.30.